The molecule has 0 unspecified atom stereocenters. The zero-order valence-corrected chi connectivity index (χ0v) is 11.6. The number of halogens is 4. The molecule has 0 atom stereocenters. The Labute approximate surface area is 125 Å². The molecule has 22 heavy (non-hydrogen) atoms. The van der Waals surface area contributed by atoms with Gasteiger partial charge in [0.15, 0.2) is 0 Å². The lowest BCUT2D eigenvalue weighted by Crippen LogP contribution is -2.44. The third-order valence-electron chi connectivity index (χ3n) is 3.88. The average molecular weight is 310 g/mol. The fourth-order valence-electron chi connectivity index (χ4n) is 2.69. The van der Waals surface area contributed by atoms with Gasteiger partial charge in [-0.2, -0.15) is 13.2 Å². The number of hydrogen-bond donors (Lipinski definition) is 0. The maximum atomic E-state index is 13.5. The quantitative estimate of drug-likeness (QED) is 0.801. The fraction of sp³-hybridized carbons (Fsp3) is 0.312. The Bertz CT molecular complexity index is 649. The molecule has 0 bridgehead atoms. The number of nitrogens with zero attached hydrogens (tertiary/aromatic N) is 2. The molecular formula is C16H14F4N2. The minimum Gasteiger partial charge on any atom is -0.298 e. The van der Waals surface area contributed by atoms with Gasteiger partial charge in [0.1, 0.15) is 5.82 Å². The summed E-state index contributed by atoms with van der Waals surface area (Å²) in [7, 11) is 0. The average Bonchev–Trinajstić information content (AvgIpc) is 2.42. The molecule has 1 aliphatic rings. The van der Waals surface area contributed by atoms with Gasteiger partial charge in [-0.25, -0.2) is 4.39 Å². The first-order chi connectivity index (χ1) is 10.4. The first kappa shape index (κ1) is 15.0. The normalized spacial score (nSPS) is 16.5. The number of likely N-dealkylation sites (tertiary alicyclic amines) is 1. The van der Waals surface area contributed by atoms with Gasteiger partial charge in [-0.15, -0.1) is 0 Å². The summed E-state index contributed by atoms with van der Waals surface area (Å²) >= 11 is 0. The third kappa shape index (κ3) is 3.11. The molecule has 2 heterocycles. The summed E-state index contributed by atoms with van der Waals surface area (Å²) in [5.74, 6) is -0.807. The highest BCUT2D eigenvalue weighted by molar-refractivity contribution is 5.27. The van der Waals surface area contributed by atoms with Gasteiger partial charge >= 0.3 is 6.18 Å². The minimum absolute atomic E-state index is 0.405. The summed E-state index contributed by atoms with van der Waals surface area (Å²) in [5.41, 5.74) is 0.540. The number of hydrogen-bond acceptors (Lipinski definition) is 2. The van der Waals surface area contributed by atoms with Crippen molar-refractivity contribution in [2.24, 2.45) is 0 Å². The summed E-state index contributed by atoms with van der Waals surface area (Å²) in [4.78, 5) is 6.04. The van der Waals surface area contributed by atoms with Crippen LogP contribution in [-0.2, 0) is 12.7 Å². The van der Waals surface area contributed by atoms with Gasteiger partial charge in [-0.3, -0.25) is 9.88 Å². The Hall–Kier alpha value is -1.95. The van der Waals surface area contributed by atoms with Gasteiger partial charge in [0.05, 0.1) is 5.56 Å². The largest absolute Gasteiger partial charge is 0.419 e. The Morgan fingerprint density at radius 1 is 1.09 bits per heavy atom. The van der Waals surface area contributed by atoms with Crippen molar-refractivity contribution >= 4 is 0 Å². The second kappa shape index (κ2) is 5.68. The molecule has 2 nitrogen and oxygen atoms in total. The van der Waals surface area contributed by atoms with E-state index in [1.807, 2.05) is 12.1 Å². The summed E-state index contributed by atoms with van der Waals surface area (Å²) in [6.07, 6.45) is -1.17. The number of alkyl halides is 3. The van der Waals surface area contributed by atoms with Crippen LogP contribution in [-0.4, -0.2) is 23.0 Å². The van der Waals surface area contributed by atoms with E-state index in [0.29, 0.717) is 18.0 Å². The van der Waals surface area contributed by atoms with Gasteiger partial charge < -0.3 is 0 Å². The lowest BCUT2D eigenvalue weighted by atomic mass is 9.92. The van der Waals surface area contributed by atoms with E-state index >= 15 is 0 Å². The molecule has 0 amide bonds. The van der Waals surface area contributed by atoms with Crippen molar-refractivity contribution in [1.29, 1.82) is 0 Å². The van der Waals surface area contributed by atoms with Crippen molar-refractivity contribution < 1.29 is 17.6 Å². The van der Waals surface area contributed by atoms with Gasteiger partial charge in [0.2, 0.25) is 0 Å². The SMILES string of the molecule is Fc1cc(CN2CC(c3ccncc3)C2)ccc1C(F)(F)F. The van der Waals surface area contributed by atoms with Crippen molar-refractivity contribution in [3.63, 3.8) is 0 Å². The Morgan fingerprint density at radius 3 is 2.36 bits per heavy atom. The number of pyridine rings is 1. The van der Waals surface area contributed by atoms with Crippen LogP contribution in [0.25, 0.3) is 0 Å². The van der Waals surface area contributed by atoms with E-state index in [4.69, 9.17) is 0 Å². The van der Waals surface area contributed by atoms with Gasteiger partial charge in [-0.05, 0) is 35.4 Å². The maximum Gasteiger partial charge on any atom is 0.419 e. The van der Waals surface area contributed by atoms with E-state index in [-0.39, 0.29) is 0 Å². The first-order valence-corrected chi connectivity index (χ1v) is 6.91. The lowest BCUT2D eigenvalue weighted by molar-refractivity contribution is -0.140. The number of aromatic nitrogens is 1. The molecule has 0 spiro atoms. The van der Waals surface area contributed by atoms with Crippen molar-refractivity contribution in [3.8, 4) is 0 Å². The molecule has 1 saturated heterocycles. The second-order valence-electron chi connectivity index (χ2n) is 5.48. The van der Waals surface area contributed by atoms with Crippen LogP contribution in [0.4, 0.5) is 17.6 Å². The van der Waals surface area contributed by atoms with Crippen LogP contribution < -0.4 is 0 Å². The number of benzene rings is 1. The predicted octanol–water partition coefficient (Wildman–Crippen LogP) is 3.84. The molecule has 116 valence electrons. The van der Waals surface area contributed by atoms with Crippen LogP contribution in [0.5, 0.6) is 0 Å². The molecule has 1 aromatic carbocycles. The van der Waals surface area contributed by atoms with E-state index < -0.39 is 17.6 Å². The Morgan fingerprint density at radius 2 is 1.77 bits per heavy atom. The summed E-state index contributed by atoms with van der Waals surface area (Å²) in [6.45, 7) is 2.08. The smallest absolute Gasteiger partial charge is 0.298 e. The van der Waals surface area contributed by atoms with Crippen LogP contribution in [0.15, 0.2) is 42.7 Å². The highest BCUT2D eigenvalue weighted by Crippen LogP contribution is 2.32. The zero-order chi connectivity index (χ0) is 15.7. The van der Waals surface area contributed by atoms with Gasteiger partial charge in [-0.1, -0.05) is 6.07 Å². The van der Waals surface area contributed by atoms with Crippen LogP contribution in [0.1, 0.15) is 22.6 Å². The summed E-state index contributed by atoms with van der Waals surface area (Å²) < 4.78 is 51.0. The predicted molar refractivity (Wildman–Crippen MR) is 73.7 cm³/mol. The van der Waals surface area contributed by atoms with Gasteiger partial charge in [0, 0.05) is 37.9 Å². The van der Waals surface area contributed by atoms with Gasteiger partial charge in [0.25, 0.3) is 0 Å². The highest BCUT2D eigenvalue weighted by atomic mass is 19.4. The standard InChI is InChI=1S/C16H14F4N2/c17-15-7-11(1-2-14(15)16(18,19)20)8-22-9-13(10-22)12-3-5-21-6-4-12/h1-7,13H,8-10H2. The van der Waals surface area contributed by atoms with Crippen molar-refractivity contribution in [3.05, 3.63) is 65.2 Å². The molecule has 0 aliphatic carbocycles. The zero-order valence-electron chi connectivity index (χ0n) is 11.6. The minimum atomic E-state index is -4.65. The molecular weight excluding hydrogens is 296 g/mol. The monoisotopic (exact) mass is 310 g/mol. The van der Waals surface area contributed by atoms with E-state index in [2.05, 4.69) is 9.88 Å². The third-order valence-corrected chi connectivity index (χ3v) is 3.88. The Balaban J connectivity index is 1.61. The number of rotatable bonds is 3. The van der Waals surface area contributed by atoms with Crippen LogP contribution in [0.3, 0.4) is 0 Å². The maximum absolute atomic E-state index is 13.5. The molecule has 3 rings (SSSR count). The molecule has 6 heteroatoms. The molecule has 0 saturated carbocycles. The molecule has 1 aliphatic heterocycles. The van der Waals surface area contributed by atoms with Crippen molar-refractivity contribution in [1.82, 2.24) is 9.88 Å². The molecule has 1 aromatic heterocycles. The Kier molecular flexibility index (Phi) is 3.87. The lowest BCUT2D eigenvalue weighted by Gasteiger charge is -2.39. The second-order valence-corrected chi connectivity index (χ2v) is 5.48. The molecule has 0 N–H and O–H groups in total. The summed E-state index contributed by atoms with van der Waals surface area (Å²) in [6, 6.07) is 7.04. The van der Waals surface area contributed by atoms with Crippen molar-refractivity contribution in [2.45, 2.75) is 18.6 Å². The van der Waals surface area contributed by atoms with E-state index in [9.17, 15) is 17.6 Å². The summed E-state index contributed by atoms with van der Waals surface area (Å²) in [5, 5.41) is 0. The van der Waals surface area contributed by atoms with E-state index in [1.165, 1.54) is 11.6 Å². The highest BCUT2D eigenvalue weighted by Gasteiger charge is 2.34. The van der Waals surface area contributed by atoms with E-state index in [1.54, 1.807) is 12.4 Å². The topological polar surface area (TPSA) is 16.1 Å². The molecule has 0 radical (unpaired) electrons. The fourth-order valence-corrected chi connectivity index (χ4v) is 2.69. The molecule has 2 aromatic rings. The van der Waals surface area contributed by atoms with E-state index in [0.717, 1.165) is 25.2 Å². The first-order valence-electron chi connectivity index (χ1n) is 6.91. The van der Waals surface area contributed by atoms with Crippen LogP contribution in [0, 0.1) is 5.82 Å². The molecule has 1 fully saturated rings. The van der Waals surface area contributed by atoms with Crippen LogP contribution in [0.2, 0.25) is 0 Å². The van der Waals surface area contributed by atoms with Crippen molar-refractivity contribution in [2.75, 3.05) is 13.1 Å². The van der Waals surface area contributed by atoms with Crippen LogP contribution >= 0.6 is 0 Å².